The van der Waals surface area contributed by atoms with Crippen LogP contribution in [0.1, 0.15) is 24.8 Å². The molecular weight excluding hydrogens is 247 g/mol. The van der Waals surface area contributed by atoms with E-state index in [9.17, 15) is 23.1 Å². The van der Waals surface area contributed by atoms with Gasteiger partial charge >= 0.3 is 6.18 Å². The number of hydrogen-bond donors (Lipinski definition) is 2. The Balaban J connectivity index is 2.13. The molecule has 1 aromatic carbocycles. The van der Waals surface area contributed by atoms with E-state index >= 15 is 0 Å². The van der Waals surface area contributed by atoms with Gasteiger partial charge in [0.25, 0.3) is 5.91 Å². The maximum atomic E-state index is 12.1. The molecule has 1 unspecified atom stereocenters. The Hall–Kier alpha value is -1.56. The van der Waals surface area contributed by atoms with Crippen LogP contribution in [0.2, 0.25) is 0 Å². The second kappa shape index (κ2) is 4.28. The molecule has 6 heteroatoms. The molecule has 1 aliphatic heterocycles. The maximum Gasteiger partial charge on any atom is 0.389 e. The molecule has 0 aliphatic carbocycles. The standard InChI is InChI=1S/C12H12F3NO2/c13-12(14,15)7-3-6-11(18)8-4-1-2-5-9(8)16-10(11)17/h1-2,4-5,18H,3,6-7H2,(H,16,17). The van der Waals surface area contributed by atoms with Crippen molar-refractivity contribution in [2.24, 2.45) is 0 Å². The predicted molar refractivity (Wildman–Crippen MR) is 58.9 cm³/mol. The molecular formula is C12H12F3NO2. The lowest BCUT2D eigenvalue weighted by Gasteiger charge is -2.20. The first-order valence-electron chi connectivity index (χ1n) is 5.53. The smallest absolute Gasteiger partial charge is 0.375 e. The van der Waals surface area contributed by atoms with Crippen LogP contribution in [0.3, 0.4) is 0 Å². The summed E-state index contributed by atoms with van der Waals surface area (Å²) in [5, 5.41) is 12.7. The molecule has 0 saturated carbocycles. The van der Waals surface area contributed by atoms with Crippen LogP contribution >= 0.6 is 0 Å². The van der Waals surface area contributed by atoms with E-state index in [-0.39, 0.29) is 12.8 Å². The van der Waals surface area contributed by atoms with Gasteiger partial charge in [-0.25, -0.2) is 0 Å². The van der Waals surface area contributed by atoms with Crippen LogP contribution in [0.25, 0.3) is 0 Å². The second-order valence-corrected chi connectivity index (χ2v) is 4.33. The summed E-state index contributed by atoms with van der Waals surface area (Å²) >= 11 is 0. The fourth-order valence-corrected chi connectivity index (χ4v) is 2.09. The molecule has 0 bridgehead atoms. The number of nitrogens with one attached hydrogen (secondary N) is 1. The lowest BCUT2D eigenvalue weighted by molar-refractivity contribution is -0.144. The minimum absolute atomic E-state index is 0.241. The van der Waals surface area contributed by atoms with E-state index in [2.05, 4.69) is 5.32 Å². The van der Waals surface area contributed by atoms with Crippen LogP contribution in [0.4, 0.5) is 18.9 Å². The van der Waals surface area contributed by atoms with E-state index in [0.29, 0.717) is 11.3 Å². The molecule has 0 aromatic heterocycles. The highest BCUT2D eigenvalue weighted by atomic mass is 19.4. The molecule has 1 amide bonds. The number of alkyl halides is 3. The zero-order chi connectivity index (χ0) is 13.4. The Morgan fingerprint density at radius 1 is 1.28 bits per heavy atom. The van der Waals surface area contributed by atoms with Gasteiger partial charge in [0.1, 0.15) is 0 Å². The van der Waals surface area contributed by atoms with E-state index < -0.39 is 24.1 Å². The van der Waals surface area contributed by atoms with E-state index in [0.717, 1.165) is 0 Å². The van der Waals surface area contributed by atoms with Crippen molar-refractivity contribution in [2.45, 2.75) is 31.0 Å². The maximum absolute atomic E-state index is 12.1. The summed E-state index contributed by atoms with van der Waals surface area (Å²) in [6.07, 6.45) is -5.81. The summed E-state index contributed by atoms with van der Waals surface area (Å²) in [7, 11) is 0. The molecule has 2 rings (SSSR count). The molecule has 1 atom stereocenters. The number of amides is 1. The lowest BCUT2D eigenvalue weighted by atomic mass is 9.90. The third-order valence-electron chi connectivity index (χ3n) is 3.00. The van der Waals surface area contributed by atoms with Gasteiger partial charge in [-0.2, -0.15) is 13.2 Å². The summed E-state index contributed by atoms with van der Waals surface area (Å²) in [5.41, 5.74) is -1.05. The molecule has 98 valence electrons. The zero-order valence-electron chi connectivity index (χ0n) is 9.42. The summed E-state index contributed by atoms with van der Waals surface area (Å²) in [5.74, 6) is -0.661. The number of carbonyl (C=O) groups is 1. The number of aliphatic hydroxyl groups is 1. The van der Waals surface area contributed by atoms with Crippen molar-refractivity contribution in [2.75, 3.05) is 5.32 Å². The van der Waals surface area contributed by atoms with Gasteiger partial charge in [-0.3, -0.25) is 4.79 Å². The Morgan fingerprint density at radius 2 is 1.94 bits per heavy atom. The zero-order valence-corrected chi connectivity index (χ0v) is 9.42. The SMILES string of the molecule is O=C1Nc2ccccc2C1(O)CCCC(F)(F)F. The highest BCUT2D eigenvalue weighted by molar-refractivity contribution is 6.04. The van der Waals surface area contributed by atoms with E-state index in [1.165, 1.54) is 0 Å². The first-order chi connectivity index (χ1) is 8.33. The number of benzene rings is 1. The molecule has 1 heterocycles. The van der Waals surface area contributed by atoms with Gasteiger partial charge in [0.2, 0.25) is 0 Å². The van der Waals surface area contributed by atoms with E-state index in [1.807, 2.05) is 0 Å². The molecule has 3 nitrogen and oxygen atoms in total. The Morgan fingerprint density at radius 3 is 2.61 bits per heavy atom. The largest absolute Gasteiger partial charge is 0.389 e. The minimum Gasteiger partial charge on any atom is -0.375 e. The van der Waals surface area contributed by atoms with Gasteiger partial charge < -0.3 is 10.4 Å². The summed E-state index contributed by atoms with van der Waals surface area (Å²) in [6.45, 7) is 0. The van der Waals surface area contributed by atoms with Crippen molar-refractivity contribution in [1.29, 1.82) is 0 Å². The van der Waals surface area contributed by atoms with Crippen molar-refractivity contribution in [1.82, 2.24) is 0 Å². The predicted octanol–water partition coefficient (Wildman–Crippen LogP) is 2.56. The number of rotatable bonds is 3. The van der Waals surface area contributed by atoms with Crippen molar-refractivity contribution < 1.29 is 23.1 Å². The molecule has 0 fully saturated rings. The van der Waals surface area contributed by atoms with Crippen LogP contribution in [-0.4, -0.2) is 17.2 Å². The number of carbonyl (C=O) groups excluding carboxylic acids is 1. The Bertz CT molecular complexity index is 473. The van der Waals surface area contributed by atoms with Gasteiger partial charge in [0.05, 0.1) is 0 Å². The molecule has 0 radical (unpaired) electrons. The second-order valence-electron chi connectivity index (χ2n) is 4.33. The van der Waals surface area contributed by atoms with Gasteiger partial charge in [-0.05, 0) is 18.9 Å². The van der Waals surface area contributed by atoms with Gasteiger partial charge in [-0.1, -0.05) is 18.2 Å². The molecule has 2 N–H and O–H groups in total. The van der Waals surface area contributed by atoms with Crippen LogP contribution in [-0.2, 0) is 10.4 Å². The van der Waals surface area contributed by atoms with Crippen LogP contribution in [0.5, 0.6) is 0 Å². The fourth-order valence-electron chi connectivity index (χ4n) is 2.09. The Kier molecular flexibility index (Phi) is 3.06. The van der Waals surface area contributed by atoms with Crippen molar-refractivity contribution in [3.63, 3.8) is 0 Å². The summed E-state index contributed by atoms with van der Waals surface area (Å²) in [4.78, 5) is 11.7. The lowest BCUT2D eigenvalue weighted by Crippen LogP contribution is -2.34. The summed E-state index contributed by atoms with van der Waals surface area (Å²) in [6, 6.07) is 6.46. The van der Waals surface area contributed by atoms with E-state index in [1.54, 1.807) is 24.3 Å². The fraction of sp³-hybridized carbons (Fsp3) is 0.417. The average molecular weight is 259 g/mol. The number of hydrogen-bond acceptors (Lipinski definition) is 2. The average Bonchev–Trinajstić information content (AvgIpc) is 2.51. The first-order valence-corrected chi connectivity index (χ1v) is 5.53. The monoisotopic (exact) mass is 259 g/mol. The number of anilines is 1. The molecule has 0 saturated heterocycles. The number of para-hydroxylation sites is 1. The third-order valence-corrected chi connectivity index (χ3v) is 3.00. The van der Waals surface area contributed by atoms with E-state index in [4.69, 9.17) is 0 Å². The molecule has 0 spiro atoms. The van der Waals surface area contributed by atoms with Crippen molar-refractivity contribution in [3.05, 3.63) is 29.8 Å². The quantitative estimate of drug-likeness (QED) is 0.876. The number of halogens is 3. The van der Waals surface area contributed by atoms with Crippen LogP contribution in [0.15, 0.2) is 24.3 Å². The van der Waals surface area contributed by atoms with Crippen LogP contribution < -0.4 is 5.32 Å². The highest BCUT2D eigenvalue weighted by Gasteiger charge is 2.45. The van der Waals surface area contributed by atoms with Gasteiger partial charge in [-0.15, -0.1) is 0 Å². The minimum atomic E-state index is -4.27. The topological polar surface area (TPSA) is 49.3 Å². The van der Waals surface area contributed by atoms with Crippen molar-refractivity contribution in [3.8, 4) is 0 Å². The molecule has 18 heavy (non-hydrogen) atoms. The molecule has 1 aromatic rings. The number of fused-ring (bicyclic) bond motifs is 1. The summed E-state index contributed by atoms with van der Waals surface area (Å²) < 4.78 is 36.2. The van der Waals surface area contributed by atoms with Crippen LogP contribution in [0, 0.1) is 0 Å². The Labute approximate surface area is 102 Å². The first kappa shape index (κ1) is 12.9. The third kappa shape index (κ3) is 2.33. The normalized spacial score (nSPS) is 22.8. The molecule has 1 aliphatic rings. The highest BCUT2D eigenvalue weighted by Crippen LogP contribution is 2.39. The van der Waals surface area contributed by atoms with Gasteiger partial charge in [0, 0.05) is 17.7 Å². The van der Waals surface area contributed by atoms with Crippen molar-refractivity contribution >= 4 is 11.6 Å². The van der Waals surface area contributed by atoms with Gasteiger partial charge in [0.15, 0.2) is 5.60 Å².